The van der Waals surface area contributed by atoms with E-state index < -0.39 is 11.8 Å². The van der Waals surface area contributed by atoms with E-state index in [1.807, 2.05) is 5.32 Å². The molecule has 0 heterocycles. The summed E-state index contributed by atoms with van der Waals surface area (Å²) in [6.07, 6.45) is 0. The third-order valence-electron chi connectivity index (χ3n) is 1.53. The van der Waals surface area contributed by atoms with Crippen molar-refractivity contribution in [1.29, 1.82) is 0 Å². The maximum absolute atomic E-state index is 10.6. The average Bonchev–Trinajstić information content (AvgIpc) is 2.04. The van der Waals surface area contributed by atoms with Crippen LogP contribution in [0.5, 0.6) is 0 Å². The molecular formula is C9H11NO3. The van der Waals surface area contributed by atoms with Crippen molar-refractivity contribution in [3.8, 4) is 0 Å². The molecule has 0 unspecified atom stereocenters. The summed E-state index contributed by atoms with van der Waals surface area (Å²) in [5, 5.41) is 20.8. The Hall–Kier alpha value is -1.39. The first kappa shape index (κ1) is 9.70. The fourth-order valence-corrected chi connectivity index (χ4v) is 0.988. The van der Waals surface area contributed by atoms with Crippen molar-refractivity contribution in [2.45, 2.75) is 12.8 Å². The fourth-order valence-electron chi connectivity index (χ4n) is 0.988. The first-order chi connectivity index (χ1) is 6.02. The third kappa shape index (κ3) is 2.54. The number of carbonyl (C=O) groups is 1. The van der Waals surface area contributed by atoms with Gasteiger partial charge in [-0.15, -0.1) is 0 Å². The molecule has 0 aliphatic rings. The summed E-state index contributed by atoms with van der Waals surface area (Å²) in [7, 11) is 0. The van der Waals surface area contributed by atoms with Crippen LogP contribution in [0.25, 0.3) is 0 Å². The number of hydrogen-bond donors (Lipinski definition) is 3. The van der Waals surface area contributed by atoms with Crippen LogP contribution in [0.15, 0.2) is 30.3 Å². The van der Waals surface area contributed by atoms with Crippen LogP contribution < -0.4 is 5.32 Å². The van der Waals surface area contributed by atoms with Crippen LogP contribution in [-0.2, 0) is 10.7 Å². The average molecular weight is 181 g/mol. The van der Waals surface area contributed by atoms with Crippen molar-refractivity contribution in [3.63, 3.8) is 0 Å². The second kappa shape index (κ2) is 3.55. The second-order valence-corrected chi connectivity index (χ2v) is 2.72. The van der Waals surface area contributed by atoms with Gasteiger partial charge in [-0.05, 0) is 0 Å². The van der Waals surface area contributed by atoms with E-state index in [-0.39, 0.29) is 5.56 Å². The van der Waals surface area contributed by atoms with Crippen LogP contribution in [-0.4, -0.2) is 16.1 Å². The first-order valence-corrected chi connectivity index (χ1v) is 3.81. The summed E-state index contributed by atoms with van der Waals surface area (Å²) in [5.41, 5.74) is 0.227. The molecule has 0 bridgehead atoms. The van der Waals surface area contributed by atoms with Crippen molar-refractivity contribution in [2.75, 3.05) is 0 Å². The van der Waals surface area contributed by atoms with Crippen LogP contribution in [0.4, 0.5) is 0 Å². The van der Waals surface area contributed by atoms with Crippen LogP contribution in [0.2, 0.25) is 0 Å². The monoisotopic (exact) mass is 181 g/mol. The molecule has 13 heavy (non-hydrogen) atoms. The SMILES string of the molecule is CC(=O)NC(O)(O)c1ccccc1. The Bertz CT molecular complexity index is 295. The first-order valence-electron chi connectivity index (χ1n) is 3.81. The molecule has 3 N–H and O–H groups in total. The summed E-state index contributed by atoms with van der Waals surface area (Å²) in [5.74, 6) is -2.79. The Morgan fingerprint density at radius 2 is 1.85 bits per heavy atom. The van der Waals surface area contributed by atoms with Crippen LogP contribution in [0.1, 0.15) is 12.5 Å². The Labute approximate surface area is 75.8 Å². The Kier molecular flexibility index (Phi) is 2.65. The topological polar surface area (TPSA) is 69.6 Å². The summed E-state index contributed by atoms with van der Waals surface area (Å²) >= 11 is 0. The zero-order valence-corrected chi connectivity index (χ0v) is 7.19. The molecule has 0 aliphatic heterocycles. The van der Waals surface area contributed by atoms with Crippen molar-refractivity contribution < 1.29 is 15.0 Å². The Balaban J connectivity index is 2.87. The number of nitrogens with one attached hydrogen (secondary N) is 1. The molecule has 1 aromatic carbocycles. The number of carbonyl (C=O) groups excluding carboxylic acids is 1. The minimum absolute atomic E-state index is 0.227. The van der Waals surface area contributed by atoms with Gasteiger partial charge in [-0.1, -0.05) is 30.3 Å². The van der Waals surface area contributed by atoms with Gasteiger partial charge < -0.3 is 15.5 Å². The number of aliphatic hydroxyl groups is 2. The van der Waals surface area contributed by atoms with Gasteiger partial charge in [0.15, 0.2) is 0 Å². The zero-order valence-electron chi connectivity index (χ0n) is 7.19. The predicted octanol–water partition coefficient (Wildman–Crippen LogP) is -0.0824. The second-order valence-electron chi connectivity index (χ2n) is 2.72. The highest BCUT2D eigenvalue weighted by molar-refractivity contribution is 5.73. The number of amides is 1. The summed E-state index contributed by atoms with van der Waals surface area (Å²) < 4.78 is 0. The van der Waals surface area contributed by atoms with Gasteiger partial charge in [0.05, 0.1) is 0 Å². The van der Waals surface area contributed by atoms with Crippen LogP contribution in [0, 0.1) is 0 Å². The normalized spacial score (nSPS) is 11.0. The molecule has 1 aromatic rings. The minimum Gasteiger partial charge on any atom is -0.345 e. The van der Waals surface area contributed by atoms with E-state index in [1.165, 1.54) is 19.1 Å². The minimum atomic E-state index is -2.28. The van der Waals surface area contributed by atoms with Crippen molar-refractivity contribution in [2.24, 2.45) is 0 Å². The van der Waals surface area contributed by atoms with Crippen LogP contribution in [0.3, 0.4) is 0 Å². The smallest absolute Gasteiger partial charge is 0.274 e. The van der Waals surface area contributed by atoms with Crippen molar-refractivity contribution >= 4 is 5.91 Å². The fraction of sp³-hybridized carbons (Fsp3) is 0.222. The molecule has 70 valence electrons. The molecule has 0 radical (unpaired) electrons. The lowest BCUT2D eigenvalue weighted by Gasteiger charge is -2.22. The lowest BCUT2D eigenvalue weighted by atomic mass is 10.1. The van der Waals surface area contributed by atoms with Gasteiger partial charge >= 0.3 is 0 Å². The summed E-state index contributed by atoms with van der Waals surface area (Å²) in [6, 6.07) is 8.07. The van der Waals surface area contributed by atoms with Gasteiger partial charge in [0.25, 0.3) is 5.91 Å². The zero-order chi connectivity index (χ0) is 9.90. The van der Waals surface area contributed by atoms with Gasteiger partial charge in [0.1, 0.15) is 0 Å². The van der Waals surface area contributed by atoms with E-state index in [2.05, 4.69) is 0 Å². The van der Waals surface area contributed by atoms with Gasteiger partial charge in [-0.2, -0.15) is 0 Å². The molecule has 0 atom stereocenters. The maximum Gasteiger partial charge on any atom is 0.274 e. The van der Waals surface area contributed by atoms with E-state index in [9.17, 15) is 15.0 Å². The number of benzene rings is 1. The molecule has 0 saturated heterocycles. The molecule has 0 fully saturated rings. The molecule has 4 nitrogen and oxygen atoms in total. The number of hydrogen-bond acceptors (Lipinski definition) is 3. The van der Waals surface area contributed by atoms with E-state index in [0.29, 0.717) is 0 Å². The van der Waals surface area contributed by atoms with Crippen molar-refractivity contribution in [1.82, 2.24) is 5.32 Å². The standard InChI is InChI=1S/C9H11NO3/c1-7(11)10-9(12,13)8-5-3-2-4-6-8/h2-6,12-13H,1H3,(H,10,11). The van der Waals surface area contributed by atoms with Gasteiger partial charge in [0.2, 0.25) is 5.91 Å². The highest BCUT2D eigenvalue weighted by Gasteiger charge is 2.26. The molecular weight excluding hydrogens is 170 g/mol. The predicted molar refractivity (Wildman–Crippen MR) is 46.4 cm³/mol. The Morgan fingerprint density at radius 3 is 2.31 bits per heavy atom. The van der Waals surface area contributed by atoms with Crippen molar-refractivity contribution in [3.05, 3.63) is 35.9 Å². The molecule has 4 heteroatoms. The number of rotatable bonds is 2. The quantitative estimate of drug-likeness (QED) is 0.559. The molecule has 1 rings (SSSR count). The van der Waals surface area contributed by atoms with E-state index >= 15 is 0 Å². The Morgan fingerprint density at radius 1 is 1.31 bits per heavy atom. The molecule has 0 saturated carbocycles. The molecule has 0 spiro atoms. The largest absolute Gasteiger partial charge is 0.345 e. The summed E-state index contributed by atoms with van der Waals surface area (Å²) in [4.78, 5) is 10.6. The third-order valence-corrected chi connectivity index (χ3v) is 1.53. The van der Waals surface area contributed by atoms with Gasteiger partial charge in [-0.3, -0.25) is 4.79 Å². The molecule has 0 aromatic heterocycles. The highest BCUT2D eigenvalue weighted by atomic mass is 16.5. The highest BCUT2D eigenvalue weighted by Crippen LogP contribution is 2.13. The van der Waals surface area contributed by atoms with E-state index in [1.54, 1.807) is 18.2 Å². The van der Waals surface area contributed by atoms with E-state index in [4.69, 9.17) is 0 Å². The molecule has 0 aliphatic carbocycles. The van der Waals surface area contributed by atoms with Gasteiger partial charge in [0, 0.05) is 12.5 Å². The van der Waals surface area contributed by atoms with Gasteiger partial charge in [-0.25, -0.2) is 0 Å². The maximum atomic E-state index is 10.6. The van der Waals surface area contributed by atoms with Crippen LogP contribution >= 0.6 is 0 Å². The molecule has 1 amide bonds. The van der Waals surface area contributed by atoms with E-state index in [0.717, 1.165) is 0 Å². The summed E-state index contributed by atoms with van der Waals surface area (Å²) in [6.45, 7) is 1.21. The lowest BCUT2D eigenvalue weighted by molar-refractivity contribution is -0.196. The lowest BCUT2D eigenvalue weighted by Crippen LogP contribution is -2.44.